The zero-order chi connectivity index (χ0) is 13.7. The molecule has 102 valence electrons. The summed E-state index contributed by atoms with van der Waals surface area (Å²) in [5, 5.41) is 9.00. The van der Waals surface area contributed by atoms with Gasteiger partial charge in [0.15, 0.2) is 0 Å². The molecule has 3 nitrogen and oxygen atoms in total. The molecule has 0 unspecified atom stereocenters. The van der Waals surface area contributed by atoms with Gasteiger partial charge in [0.1, 0.15) is 18.4 Å². The van der Waals surface area contributed by atoms with Gasteiger partial charge in [-0.15, -0.1) is 0 Å². The van der Waals surface area contributed by atoms with Gasteiger partial charge in [0.05, 0.1) is 5.56 Å². The summed E-state index contributed by atoms with van der Waals surface area (Å²) in [6.45, 7) is 7.24. The summed E-state index contributed by atoms with van der Waals surface area (Å²) >= 11 is 0. The van der Waals surface area contributed by atoms with E-state index in [0.29, 0.717) is 23.8 Å². The molecule has 0 aliphatic heterocycles. The van der Waals surface area contributed by atoms with Gasteiger partial charge in [0.2, 0.25) is 0 Å². The van der Waals surface area contributed by atoms with Crippen LogP contribution in [0.4, 0.5) is 0 Å². The van der Waals surface area contributed by atoms with Crippen LogP contribution in [-0.2, 0) is 0 Å². The van der Waals surface area contributed by atoms with Crippen LogP contribution in [0.1, 0.15) is 32.3 Å². The highest BCUT2D eigenvalue weighted by Crippen LogP contribution is 2.27. The molecular weight excluding hydrogens is 236 g/mol. The van der Waals surface area contributed by atoms with E-state index in [1.165, 1.54) is 12.8 Å². The quantitative estimate of drug-likeness (QED) is 0.754. The Balaban J connectivity index is 1.83. The van der Waals surface area contributed by atoms with E-state index in [1.807, 2.05) is 18.2 Å². The summed E-state index contributed by atoms with van der Waals surface area (Å²) in [6.07, 6.45) is 2.64. The van der Waals surface area contributed by atoms with Crippen molar-refractivity contribution in [2.24, 2.45) is 5.92 Å². The molecule has 2 rings (SSSR count). The summed E-state index contributed by atoms with van der Waals surface area (Å²) in [6, 6.07) is 10.3. The molecule has 1 saturated carbocycles. The second-order valence-corrected chi connectivity index (χ2v) is 5.58. The first-order chi connectivity index (χ1) is 9.20. The van der Waals surface area contributed by atoms with Gasteiger partial charge in [-0.05, 0) is 30.9 Å². The fourth-order valence-electron chi connectivity index (χ4n) is 2.29. The number of hydrogen-bond acceptors (Lipinski definition) is 3. The number of rotatable bonds is 7. The molecule has 1 aromatic carbocycles. The molecule has 0 radical (unpaired) electrons. The van der Waals surface area contributed by atoms with Crippen molar-refractivity contribution in [1.29, 1.82) is 5.26 Å². The summed E-state index contributed by atoms with van der Waals surface area (Å²) < 4.78 is 5.75. The average molecular weight is 258 g/mol. The minimum atomic E-state index is 0.615. The molecule has 0 heterocycles. The standard InChI is InChI=1S/C16H22N2O/c1-13(2)12-18(15-7-8-15)9-10-19-16-6-4-3-5-14(16)11-17/h3-6,13,15H,7-10,12H2,1-2H3. The van der Waals surface area contributed by atoms with E-state index in [1.54, 1.807) is 6.07 Å². The van der Waals surface area contributed by atoms with Crippen molar-refractivity contribution in [2.75, 3.05) is 19.7 Å². The SMILES string of the molecule is CC(C)CN(CCOc1ccccc1C#N)C1CC1. The highest BCUT2D eigenvalue weighted by atomic mass is 16.5. The van der Waals surface area contributed by atoms with Crippen LogP contribution in [0.25, 0.3) is 0 Å². The van der Waals surface area contributed by atoms with E-state index >= 15 is 0 Å². The first-order valence-corrected chi connectivity index (χ1v) is 7.06. The molecular formula is C16H22N2O. The number of hydrogen-bond donors (Lipinski definition) is 0. The van der Waals surface area contributed by atoms with E-state index in [-0.39, 0.29) is 0 Å². The summed E-state index contributed by atoms with van der Waals surface area (Å²) in [4.78, 5) is 2.51. The third-order valence-electron chi connectivity index (χ3n) is 3.31. The smallest absolute Gasteiger partial charge is 0.137 e. The molecule has 1 aromatic rings. The number of para-hydroxylation sites is 1. The predicted molar refractivity (Wildman–Crippen MR) is 76.1 cm³/mol. The van der Waals surface area contributed by atoms with Crippen molar-refractivity contribution in [1.82, 2.24) is 4.90 Å². The topological polar surface area (TPSA) is 36.3 Å². The molecule has 1 aliphatic carbocycles. The molecule has 0 aromatic heterocycles. The molecule has 3 heteroatoms. The largest absolute Gasteiger partial charge is 0.491 e. The van der Waals surface area contributed by atoms with Crippen molar-refractivity contribution in [3.63, 3.8) is 0 Å². The number of benzene rings is 1. The van der Waals surface area contributed by atoms with Crippen LogP contribution in [0.2, 0.25) is 0 Å². The summed E-state index contributed by atoms with van der Waals surface area (Å²) in [5.41, 5.74) is 0.615. The minimum absolute atomic E-state index is 0.615. The number of ether oxygens (including phenoxy) is 1. The molecule has 0 saturated heterocycles. The molecule has 1 fully saturated rings. The Morgan fingerprint density at radius 1 is 1.37 bits per heavy atom. The Morgan fingerprint density at radius 2 is 2.11 bits per heavy atom. The van der Waals surface area contributed by atoms with Gasteiger partial charge in [0.25, 0.3) is 0 Å². The van der Waals surface area contributed by atoms with Gasteiger partial charge in [-0.25, -0.2) is 0 Å². The third-order valence-corrected chi connectivity index (χ3v) is 3.31. The van der Waals surface area contributed by atoms with Crippen molar-refractivity contribution >= 4 is 0 Å². The molecule has 0 atom stereocenters. The summed E-state index contributed by atoms with van der Waals surface area (Å²) in [7, 11) is 0. The van der Waals surface area contributed by atoms with Gasteiger partial charge < -0.3 is 4.74 Å². The molecule has 0 spiro atoms. The fourth-order valence-corrected chi connectivity index (χ4v) is 2.29. The monoisotopic (exact) mass is 258 g/mol. The van der Waals surface area contributed by atoms with E-state index in [9.17, 15) is 0 Å². The number of nitriles is 1. The van der Waals surface area contributed by atoms with Gasteiger partial charge in [-0.2, -0.15) is 5.26 Å². The highest BCUT2D eigenvalue weighted by molar-refractivity contribution is 5.42. The van der Waals surface area contributed by atoms with Crippen LogP contribution in [0.15, 0.2) is 24.3 Å². The zero-order valence-electron chi connectivity index (χ0n) is 11.8. The van der Waals surface area contributed by atoms with Crippen LogP contribution in [0, 0.1) is 17.2 Å². The van der Waals surface area contributed by atoms with E-state index in [2.05, 4.69) is 24.8 Å². The van der Waals surface area contributed by atoms with Crippen molar-refractivity contribution in [3.05, 3.63) is 29.8 Å². The average Bonchev–Trinajstić information content (AvgIpc) is 3.22. The molecule has 0 bridgehead atoms. The van der Waals surface area contributed by atoms with Crippen LogP contribution in [0.5, 0.6) is 5.75 Å². The summed E-state index contributed by atoms with van der Waals surface area (Å²) in [5.74, 6) is 1.39. The van der Waals surface area contributed by atoms with Crippen molar-refractivity contribution in [2.45, 2.75) is 32.7 Å². The lowest BCUT2D eigenvalue weighted by Gasteiger charge is -2.24. The lowest BCUT2D eigenvalue weighted by molar-refractivity contribution is 0.185. The zero-order valence-corrected chi connectivity index (χ0v) is 11.8. The maximum absolute atomic E-state index is 9.00. The van der Waals surface area contributed by atoms with Gasteiger partial charge in [0, 0.05) is 19.1 Å². The van der Waals surface area contributed by atoms with Gasteiger partial charge >= 0.3 is 0 Å². The molecule has 19 heavy (non-hydrogen) atoms. The Labute approximate surface area is 115 Å². The van der Waals surface area contributed by atoms with Crippen molar-refractivity contribution < 1.29 is 4.74 Å². The van der Waals surface area contributed by atoms with Crippen molar-refractivity contribution in [3.8, 4) is 11.8 Å². The number of nitrogens with zero attached hydrogens (tertiary/aromatic N) is 2. The fraction of sp³-hybridized carbons (Fsp3) is 0.562. The molecule has 0 N–H and O–H groups in total. The Morgan fingerprint density at radius 3 is 2.74 bits per heavy atom. The first kappa shape index (κ1) is 13.9. The maximum atomic E-state index is 9.00. The Hall–Kier alpha value is -1.53. The Kier molecular flexibility index (Phi) is 4.81. The highest BCUT2D eigenvalue weighted by Gasteiger charge is 2.28. The second-order valence-electron chi connectivity index (χ2n) is 5.58. The van der Waals surface area contributed by atoms with E-state index in [4.69, 9.17) is 10.00 Å². The minimum Gasteiger partial charge on any atom is -0.491 e. The van der Waals surface area contributed by atoms with Crippen LogP contribution in [-0.4, -0.2) is 30.6 Å². The second kappa shape index (κ2) is 6.58. The first-order valence-electron chi connectivity index (χ1n) is 7.06. The van der Waals surface area contributed by atoms with Crippen LogP contribution >= 0.6 is 0 Å². The molecule has 0 amide bonds. The third kappa shape index (κ3) is 4.25. The lowest BCUT2D eigenvalue weighted by Crippen LogP contribution is -2.33. The molecule has 1 aliphatic rings. The predicted octanol–water partition coefficient (Wildman–Crippen LogP) is 3.06. The van der Waals surface area contributed by atoms with E-state index in [0.717, 1.165) is 19.1 Å². The maximum Gasteiger partial charge on any atom is 0.137 e. The van der Waals surface area contributed by atoms with Gasteiger partial charge in [-0.3, -0.25) is 4.90 Å². The van der Waals surface area contributed by atoms with Crippen LogP contribution in [0.3, 0.4) is 0 Å². The van der Waals surface area contributed by atoms with E-state index < -0.39 is 0 Å². The van der Waals surface area contributed by atoms with Gasteiger partial charge in [-0.1, -0.05) is 26.0 Å². The lowest BCUT2D eigenvalue weighted by atomic mass is 10.2. The van der Waals surface area contributed by atoms with Crippen LogP contribution < -0.4 is 4.74 Å². The normalized spacial score (nSPS) is 14.7. The Bertz CT molecular complexity index is 446.